The molecule has 0 aliphatic carbocycles. The second-order valence-electron chi connectivity index (χ2n) is 3.58. The molecule has 0 radical (unpaired) electrons. The van der Waals surface area contributed by atoms with E-state index < -0.39 is 49.4 Å². The average Bonchev–Trinajstić information content (AvgIpc) is 2.23. The van der Waals surface area contributed by atoms with Crippen LogP contribution in [0, 0.1) is 15.9 Å². The normalized spacial score (nSPS) is 11.1. The molecule has 0 aromatic heterocycles. The van der Waals surface area contributed by atoms with Gasteiger partial charge < -0.3 is 10.4 Å². The van der Waals surface area contributed by atoms with Crippen molar-refractivity contribution in [2.45, 2.75) is 4.90 Å². The lowest BCUT2D eigenvalue weighted by atomic mass is 10.2. The molecule has 1 aromatic rings. The van der Waals surface area contributed by atoms with Crippen molar-refractivity contribution in [3.63, 3.8) is 0 Å². The Balaban J connectivity index is 3.38. The van der Waals surface area contributed by atoms with Gasteiger partial charge in [-0.15, -0.1) is 0 Å². The van der Waals surface area contributed by atoms with Gasteiger partial charge >= 0.3 is 5.97 Å². The van der Waals surface area contributed by atoms with E-state index in [9.17, 15) is 27.7 Å². The van der Waals surface area contributed by atoms with Crippen LogP contribution in [0.3, 0.4) is 0 Å². The summed E-state index contributed by atoms with van der Waals surface area (Å²) in [5.74, 6) is -2.50. The van der Waals surface area contributed by atoms with Crippen molar-refractivity contribution in [2.75, 3.05) is 18.1 Å². The number of nitro groups is 1. The van der Waals surface area contributed by atoms with Crippen LogP contribution in [0.2, 0.25) is 0 Å². The molecule has 0 saturated heterocycles. The molecular weight excluding hydrogens is 283 g/mol. The fourth-order valence-electron chi connectivity index (χ4n) is 1.29. The molecule has 0 atom stereocenters. The maximum absolute atomic E-state index is 13.5. The van der Waals surface area contributed by atoms with Crippen LogP contribution in [0.15, 0.2) is 17.0 Å². The summed E-state index contributed by atoms with van der Waals surface area (Å²) < 4.78 is 36.0. The van der Waals surface area contributed by atoms with E-state index in [1.165, 1.54) is 0 Å². The lowest BCUT2D eigenvalue weighted by Gasteiger charge is -2.07. The minimum atomic E-state index is -3.96. The molecule has 2 N–H and O–H groups in total. The zero-order chi connectivity index (χ0) is 14.8. The number of carboxylic acids is 1. The highest BCUT2D eigenvalue weighted by molar-refractivity contribution is 7.90. The van der Waals surface area contributed by atoms with Gasteiger partial charge in [-0.3, -0.25) is 14.9 Å². The molecule has 1 aromatic carbocycles. The number of sulfone groups is 1. The maximum Gasteiger partial charge on any atom is 0.322 e. The van der Waals surface area contributed by atoms with E-state index in [0.717, 1.165) is 0 Å². The summed E-state index contributed by atoms with van der Waals surface area (Å²) in [6.07, 6.45) is 0.708. The number of rotatable bonds is 5. The molecule has 1 rings (SSSR count). The number of halogens is 1. The smallest absolute Gasteiger partial charge is 0.322 e. The van der Waals surface area contributed by atoms with Crippen molar-refractivity contribution < 1.29 is 27.6 Å². The van der Waals surface area contributed by atoms with Crippen molar-refractivity contribution in [1.29, 1.82) is 0 Å². The molecular formula is C9H9FN2O6S. The zero-order valence-electron chi connectivity index (χ0n) is 9.58. The molecule has 0 aliphatic heterocycles. The highest BCUT2D eigenvalue weighted by Gasteiger charge is 2.23. The lowest BCUT2D eigenvalue weighted by Crippen LogP contribution is -2.14. The SMILES string of the molecule is CS(=O)(=O)c1cc([N+](=O)[O-])c(NCC(=O)O)cc1F. The molecule has 104 valence electrons. The average molecular weight is 292 g/mol. The van der Waals surface area contributed by atoms with Crippen molar-refractivity contribution in [3.05, 3.63) is 28.1 Å². The first-order chi connectivity index (χ1) is 8.62. The highest BCUT2D eigenvalue weighted by atomic mass is 32.2. The monoisotopic (exact) mass is 292 g/mol. The second-order valence-corrected chi connectivity index (χ2v) is 5.56. The Bertz CT molecular complexity index is 642. The summed E-state index contributed by atoms with van der Waals surface area (Å²) in [5.41, 5.74) is -1.12. The number of benzene rings is 1. The number of hydrogen-bond acceptors (Lipinski definition) is 6. The number of nitrogens with one attached hydrogen (secondary N) is 1. The van der Waals surface area contributed by atoms with Crippen LogP contribution < -0.4 is 5.32 Å². The molecule has 0 unspecified atom stereocenters. The number of nitrogens with zero attached hydrogens (tertiary/aromatic N) is 1. The van der Waals surface area contributed by atoms with Crippen molar-refractivity contribution >= 4 is 27.2 Å². The van der Waals surface area contributed by atoms with E-state index >= 15 is 0 Å². The van der Waals surface area contributed by atoms with Crippen LogP contribution >= 0.6 is 0 Å². The predicted molar refractivity (Wildman–Crippen MR) is 62.3 cm³/mol. The van der Waals surface area contributed by atoms with Crippen LogP contribution in [0.5, 0.6) is 0 Å². The molecule has 0 amide bonds. The highest BCUT2D eigenvalue weighted by Crippen LogP contribution is 2.29. The summed E-state index contributed by atoms with van der Waals surface area (Å²) in [5, 5.41) is 21.3. The third-order valence-corrected chi connectivity index (χ3v) is 3.19. The number of aliphatic carboxylic acids is 1. The predicted octanol–water partition coefficient (Wildman–Crippen LogP) is 0.634. The van der Waals surface area contributed by atoms with E-state index in [-0.39, 0.29) is 0 Å². The Labute approximate surface area is 106 Å². The first-order valence-corrected chi connectivity index (χ1v) is 6.65. The molecule has 0 spiro atoms. The molecule has 0 aliphatic rings. The van der Waals surface area contributed by atoms with Gasteiger partial charge in [-0.1, -0.05) is 0 Å². The number of anilines is 1. The molecule has 0 fully saturated rings. The van der Waals surface area contributed by atoms with E-state index in [0.29, 0.717) is 18.4 Å². The summed E-state index contributed by atoms with van der Waals surface area (Å²) in [6, 6.07) is 1.13. The lowest BCUT2D eigenvalue weighted by molar-refractivity contribution is -0.384. The number of carbonyl (C=O) groups is 1. The van der Waals surface area contributed by atoms with Gasteiger partial charge in [-0.2, -0.15) is 0 Å². The topological polar surface area (TPSA) is 127 Å². The summed E-state index contributed by atoms with van der Waals surface area (Å²) in [7, 11) is -3.96. The largest absolute Gasteiger partial charge is 0.480 e. The second kappa shape index (κ2) is 5.18. The third kappa shape index (κ3) is 3.61. The van der Waals surface area contributed by atoms with Gasteiger partial charge in [0.05, 0.1) is 4.92 Å². The summed E-state index contributed by atoms with van der Waals surface area (Å²) in [4.78, 5) is 19.3. The van der Waals surface area contributed by atoms with Gasteiger partial charge in [-0.25, -0.2) is 12.8 Å². The minimum Gasteiger partial charge on any atom is -0.480 e. The Hall–Kier alpha value is -2.23. The van der Waals surface area contributed by atoms with Crippen molar-refractivity contribution in [3.8, 4) is 0 Å². The molecule has 8 nitrogen and oxygen atoms in total. The van der Waals surface area contributed by atoms with Crippen molar-refractivity contribution in [1.82, 2.24) is 0 Å². The van der Waals surface area contributed by atoms with Gasteiger partial charge in [0.15, 0.2) is 9.84 Å². The van der Waals surface area contributed by atoms with Crippen LogP contribution in [-0.2, 0) is 14.6 Å². The standard InChI is InChI=1S/C9H9FN2O6S/c1-19(17,18)8-3-7(12(15)16)6(2-5(8)10)11-4-9(13)14/h2-3,11H,4H2,1H3,(H,13,14). The summed E-state index contributed by atoms with van der Waals surface area (Å²) >= 11 is 0. The minimum absolute atomic E-state index is 0.405. The fourth-order valence-corrected chi connectivity index (χ4v) is 2.03. The maximum atomic E-state index is 13.5. The number of carboxylic acid groups (broad SMARTS) is 1. The van der Waals surface area contributed by atoms with Gasteiger partial charge in [-0.05, 0) is 0 Å². The Morgan fingerprint density at radius 1 is 1.53 bits per heavy atom. The molecule has 0 saturated carbocycles. The Morgan fingerprint density at radius 3 is 2.53 bits per heavy atom. The molecule has 0 bridgehead atoms. The molecule has 0 heterocycles. The van der Waals surface area contributed by atoms with E-state index in [2.05, 4.69) is 5.32 Å². The van der Waals surface area contributed by atoms with E-state index in [4.69, 9.17) is 5.11 Å². The van der Waals surface area contributed by atoms with Crippen LogP contribution in [0.25, 0.3) is 0 Å². The Morgan fingerprint density at radius 2 is 2.11 bits per heavy atom. The molecule has 10 heteroatoms. The zero-order valence-corrected chi connectivity index (χ0v) is 10.4. The third-order valence-electron chi connectivity index (χ3n) is 2.08. The van der Waals surface area contributed by atoms with Gasteiger partial charge in [0.25, 0.3) is 5.69 Å². The van der Waals surface area contributed by atoms with Gasteiger partial charge in [0.2, 0.25) is 0 Å². The number of hydrogen-bond donors (Lipinski definition) is 2. The van der Waals surface area contributed by atoms with Crippen LogP contribution in [0.1, 0.15) is 0 Å². The summed E-state index contributed by atoms with van der Waals surface area (Å²) in [6.45, 7) is -0.668. The van der Waals surface area contributed by atoms with E-state index in [1.54, 1.807) is 0 Å². The fraction of sp³-hybridized carbons (Fsp3) is 0.222. The van der Waals surface area contributed by atoms with E-state index in [1.807, 2.05) is 0 Å². The molecule has 19 heavy (non-hydrogen) atoms. The van der Waals surface area contributed by atoms with Gasteiger partial charge in [0, 0.05) is 18.4 Å². The first-order valence-electron chi connectivity index (χ1n) is 4.76. The van der Waals surface area contributed by atoms with Crippen LogP contribution in [-0.4, -0.2) is 37.2 Å². The number of nitro benzene ring substituents is 1. The van der Waals surface area contributed by atoms with Crippen molar-refractivity contribution in [2.24, 2.45) is 0 Å². The Kier molecular flexibility index (Phi) is 4.04. The quantitative estimate of drug-likeness (QED) is 0.602. The van der Waals surface area contributed by atoms with Crippen LogP contribution in [0.4, 0.5) is 15.8 Å². The van der Waals surface area contributed by atoms with Gasteiger partial charge in [0.1, 0.15) is 22.9 Å². The first kappa shape index (κ1) is 14.8.